The predicted octanol–water partition coefficient (Wildman–Crippen LogP) is 0.980. The van der Waals surface area contributed by atoms with Crippen molar-refractivity contribution < 1.29 is 0 Å². The fourth-order valence-electron chi connectivity index (χ4n) is 2.10. The third-order valence-electron chi connectivity index (χ3n) is 3.17. The summed E-state index contributed by atoms with van der Waals surface area (Å²) in [5.41, 5.74) is 6.00. The van der Waals surface area contributed by atoms with Gasteiger partial charge in [0.2, 0.25) is 0 Å². The van der Waals surface area contributed by atoms with Crippen molar-refractivity contribution in [1.82, 2.24) is 19.7 Å². The summed E-state index contributed by atoms with van der Waals surface area (Å²) in [4.78, 5) is 6.54. The first-order chi connectivity index (χ1) is 8.16. The third kappa shape index (κ3) is 3.82. The molecular weight excluding hydrogens is 343 g/mol. The molecule has 102 valence electrons. The van der Waals surface area contributed by atoms with E-state index in [0.717, 1.165) is 18.9 Å². The SMILES string of the molecule is CC1CCCN(C(N)=NCc2nncn2C)C1.I. The van der Waals surface area contributed by atoms with Crippen molar-refractivity contribution in [3.8, 4) is 0 Å². The zero-order valence-electron chi connectivity index (χ0n) is 10.9. The van der Waals surface area contributed by atoms with Gasteiger partial charge in [-0.05, 0) is 18.8 Å². The van der Waals surface area contributed by atoms with Gasteiger partial charge in [0.25, 0.3) is 0 Å². The monoisotopic (exact) mass is 364 g/mol. The minimum Gasteiger partial charge on any atom is -0.370 e. The summed E-state index contributed by atoms with van der Waals surface area (Å²) in [5, 5.41) is 7.79. The van der Waals surface area contributed by atoms with Crippen LogP contribution in [0.4, 0.5) is 0 Å². The first-order valence-corrected chi connectivity index (χ1v) is 6.04. The van der Waals surface area contributed by atoms with Crippen LogP contribution in [0.5, 0.6) is 0 Å². The molecule has 1 atom stereocenters. The molecule has 1 aromatic heterocycles. The molecular formula is C11H21IN6. The van der Waals surface area contributed by atoms with Crippen LogP contribution in [0.3, 0.4) is 0 Å². The largest absolute Gasteiger partial charge is 0.370 e. The molecule has 1 saturated heterocycles. The highest BCUT2D eigenvalue weighted by molar-refractivity contribution is 14.0. The molecule has 18 heavy (non-hydrogen) atoms. The Hall–Kier alpha value is -0.860. The molecule has 0 spiro atoms. The average molecular weight is 364 g/mol. The first-order valence-electron chi connectivity index (χ1n) is 6.04. The molecule has 1 fully saturated rings. The minimum absolute atomic E-state index is 0. The molecule has 1 aliphatic rings. The molecule has 0 radical (unpaired) electrons. The first kappa shape index (κ1) is 15.2. The molecule has 0 bridgehead atoms. The zero-order valence-corrected chi connectivity index (χ0v) is 13.2. The summed E-state index contributed by atoms with van der Waals surface area (Å²) >= 11 is 0. The fourth-order valence-corrected chi connectivity index (χ4v) is 2.10. The van der Waals surface area contributed by atoms with Gasteiger partial charge in [0.15, 0.2) is 11.8 Å². The standard InChI is InChI=1S/C11H20N6.HI/c1-9-4-3-5-17(7-9)11(12)13-6-10-15-14-8-16(10)2;/h8-9H,3-7H2,1-2H3,(H2,12,13);1H. The van der Waals surface area contributed by atoms with Gasteiger partial charge < -0.3 is 15.2 Å². The number of aryl methyl sites for hydroxylation is 1. The molecule has 2 heterocycles. The van der Waals surface area contributed by atoms with Gasteiger partial charge in [0.05, 0.1) is 0 Å². The van der Waals surface area contributed by atoms with Crippen LogP contribution in [0.1, 0.15) is 25.6 Å². The number of hydrogen-bond donors (Lipinski definition) is 1. The van der Waals surface area contributed by atoms with E-state index in [0.29, 0.717) is 18.4 Å². The maximum absolute atomic E-state index is 6.00. The molecule has 1 unspecified atom stereocenters. The molecule has 0 amide bonds. The molecule has 0 aliphatic carbocycles. The van der Waals surface area contributed by atoms with E-state index < -0.39 is 0 Å². The lowest BCUT2D eigenvalue weighted by Crippen LogP contribution is -2.43. The van der Waals surface area contributed by atoms with Crippen molar-refractivity contribution in [3.63, 3.8) is 0 Å². The van der Waals surface area contributed by atoms with Gasteiger partial charge in [-0.15, -0.1) is 34.2 Å². The van der Waals surface area contributed by atoms with E-state index in [-0.39, 0.29) is 24.0 Å². The van der Waals surface area contributed by atoms with Gasteiger partial charge in [0.1, 0.15) is 12.9 Å². The molecule has 7 heteroatoms. The second-order valence-corrected chi connectivity index (χ2v) is 4.73. The summed E-state index contributed by atoms with van der Waals surface area (Å²) in [6.45, 7) is 4.77. The number of rotatable bonds is 2. The summed E-state index contributed by atoms with van der Waals surface area (Å²) in [6, 6.07) is 0. The normalized spacial score (nSPS) is 20.7. The molecule has 1 aromatic rings. The minimum atomic E-state index is 0. The summed E-state index contributed by atoms with van der Waals surface area (Å²) < 4.78 is 1.86. The smallest absolute Gasteiger partial charge is 0.191 e. The van der Waals surface area contributed by atoms with Crippen LogP contribution in [0, 0.1) is 5.92 Å². The Morgan fingerprint density at radius 1 is 1.61 bits per heavy atom. The van der Waals surface area contributed by atoms with Gasteiger partial charge in [-0.3, -0.25) is 0 Å². The second kappa shape index (κ2) is 6.91. The molecule has 0 saturated carbocycles. The van der Waals surface area contributed by atoms with Crippen LogP contribution in [-0.2, 0) is 13.6 Å². The lowest BCUT2D eigenvalue weighted by molar-refractivity contribution is 0.270. The molecule has 1 aliphatic heterocycles. The number of piperidine rings is 1. The highest BCUT2D eigenvalue weighted by Crippen LogP contribution is 2.14. The number of nitrogens with zero attached hydrogens (tertiary/aromatic N) is 5. The van der Waals surface area contributed by atoms with Crippen LogP contribution >= 0.6 is 24.0 Å². The predicted molar refractivity (Wildman–Crippen MR) is 81.7 cm³/mol. The Kier molecular flexibility index (Phi) is 5.83. The van der Waals surface area contributed by atoms with E-state index in [1.165, 1.54) is 12.8 Å². The Morgan fingerprint density at radius 3 is 3.00 bits per heavy atom. The van der Waals surface area contributed by atoms with Crippen molar-refractivity contribution in [1.29, 1.82) is 0 Å². The van der Waals surface area contributed by atoms with E-state index in [1.54, 1.807) is 6.33 Å². The number of aliphatic imine (C=N–C) groups is 1. The van der Waals surface area contributed by atoms with Gasteiger partial charge in [-0.25, -0.2) is 4.99 Å². The molecule has 2 N–H and O–H groups in total. The van der Waals surface area contributed by atoms with Gasteiger partial charge in [-0.2, -0.15) is 0 Å². The number of hydrogen-bond acceptors (Lipinski definition) is 3. The van der Waals surface area contributed by atoms with E-state index in [9.17, 15) is 0 Å². The van der Waals surface area contributed by atoms with Gasteiger partial charge in [-0.1, -0.05) is 6.92 Å². The Balaban J connectivity index is 0.00000162. The van der Waals surface area contributed by atoms with Crippen LogP contribution < -0.4 is 5.73 Å². The maximum atomic E-state index is 6.00. The van der Waals surface area contributed by atoms with E-state index in [4.69, 9.17) is 5.73 Å². The quantitative estimate of drug-likeness (QED) is 0.483. The molecule has 0 aromatic carbocycles. The van der Waals surface area contributed by atoms with Crippen LogP contribution in [0.15, 0.2) is 11.3 Å². The van der Waals surface area contributed by atoms with Crippen LogP contribution in [0.2, 0.25) is 0 Å². The molecule has 2 rings (SSSR count). The maximum Gasteiger partial charge on any atom is 0.191 e. The second-order valence-electron chi connectivity index (χ2n) is 4.73. The third-order valence-corrected chi connectivity index (χ3v) is 3.17. The van der Waals surface area contributed by atoms with E-state index >= 15 is 0 Å². The Bertz CT molecular complexity index is 402. The summed E-state index contributed by atoms with van der Waals surface area (Å²) in [6.07, 6.45) is 4.15. The Morgan fingerprint density at radius 2 is 2.39 bits per heavy atom. The van der Waals surface area contributed by atoms with Crippen molar-refractivity contribution in [3.05, 3.63) is 12.2 Å². The van der Waals surface area contributed by atoms with Crippen molar-refractivity contribution in [2.24, 2.45) is 23.7 Å². The number of aromatic nitrogens is 3. The number of guanidine groups is 1. The number of likely N-dealkylation sites (tertiary alicyclic amines) is 1. The summed E-state index contributed by atoms with van der Waals surface area (Å²) in [7, 11) is 1.91. The van der Waals surface area contributed by atoms with Gasteiger partial charge in [0, 0.05) is 20.1 Å². The highest BCUT2D eigenvalue weighted by Gasteiger charge is 2.17. The average Bonchev–Trinajstić information content (AvgIpc) is 2.72. The van der Waals surface area contributed by atoms with Crippen molar-refractivity contribution in [2.45, 2.75) is 26.3 Å². The number of halogens is 1. The molecule has 6 nitrogen and oxygen atoms in total. The van der Waals surface area contributed by atoms with Crippen molar-refractivity contribution in [2.75, 3.05) is 13.1 Å². The fraction of sp³-hybridized carbons (Fsp3) is 0.727. The highest BCUT2D eigenvalue weighted by atomic mass is 127. The van der Waals surface area contributed by atoms with Crippen LogP contribution in [-0.4, -0.2) is 38.7 Å². The topological polar surface area (TPSA) is 72.3 Å². The lowest BCUT2D eigenvalue weighted by atomic mass is 10.0. The van der Waals surface area contributed by atoms with Crippen LogP contribution in [0.25, 0.3) is 0 Å². The van der Waals surface area contributed by atoms with E-state index in [2.05, 4.69) is 27.0 Å². The lowest BCUT2D eigenvalue weighted by Gasteiger charge is -2.31. The van der Waals surface area contributed by atoms with Crippen molar-refractivity contribution >= 4 is 29.9 Å². The number of nitrogens with two attached hydrogens (primary N) is 1. The van der Waals surface area contributed by atoms with E-state index in [1.807, 2.05) is 11.6 Å². The Labute approximate surface area is 125 Å². The summed E-state index contributed by atoms with van der Waals surface area (Å²) in [5.74, 6) is 2.16. The zero-order chi connectivity index (χ0) is 12.3. The van der Waals surface area contributed by atoms with Gasteiger partial charge >= 0.3 is 0 Å².